The molecule has 0 radical (unpaired) electrons. The van der Waals surface area contributed by atoms with Crippen LogP contribution in [-0.4, -0.2) is 25.8 Å². The smallest absolute Gasteiger partial charge is 0.0931 e. The molecule has 2 nitrogen and oxygen atoms in total. The summed E-state index contributed by atoms with van der Waals surface area (Å²) in [5, 5.41) is 3.29. The van der Waals surface area contributed by atoms with Crippen LogP contribution in [0.5, 0.6) is 0 Å². The molecule has 0 bridgehead atoms. The second kappa shape index (κ2) is 5.30. The summed E-state index contributed by atoms with van der Waals surface area (Å²) in [6.45, 7) is 4.17. The topological polar surface area (TPSA) is 21.3 Å². The molecule has 1 unspecified atom stereocenters. The summed E-state index contributed by atoms with van der Waals surface area (Å²) < 4.78 is 6.32. The zero-order chi connectivity index (χ0) is 11.5. The summed E-state index contributed by atoms with van der Waals surface area (Å²) >= 11 is 7.53. The van der Waals surface area contributed by atoms with Gasteiger partial charge in [0.05, 0.1) is 9.94 Å². The predicted molar refractivity (Wildman–Crippen MR) is 67.0 cm³/mol. The van der Waals surface area contributed by atoms with Gasteiger partial charge in [-0.05, 0) is 39.4 Å². The number of likely N-dealkylation sites (N-methyl/N-ethyl adjacent to an activating group) is 1. The van der Waals surface area contributed by atoms with Crippen molar-refractivity contribution in [2.75, 3.05) is 14.2 Å². The molecule has 0 fully saturated rings. The van der Waals surface area contributed by atoms with Crippen molar-refractivity contribution < 1.29 is 4.74 Å². The Balaban J connectivity index is 2.69. The molecule has 1 N–H and O–H groups in total. The van der Waals surface area contributed by atoms with Crippen LogP contribution < -0.4 is 5.32 Å². The number of nitrogens with one attached hydrogen (secondary N) is 1. The molecule has 1 aromatic rings. The molecular weight excluding hydrogens is 230 g/mol. The highest BCUT2D eigenvalue weighted by atomic mass is 35.5. The van der Waals surface area contributed by atoms with E-state index in [4.69, 9.17) is 16.3 Å². The normalized spacial score (nSPS) is 14.2. The first-order chi connectivity index (χ1) is 6.99. The highest BCUT2D eigenvalue weighted by Gasteiger charge is 2.28. The third-order valence-electron chi connectivity index (χ3n) is 2.75. The van der Waals surface area contributed by atoms with Crippen LogP contribution in [0, 0.1) is 0 Å². The molecule has 0 saturated heterocycles. The lowest BCUT2D eigenvalue weighted by Gasteiger charge is -2.32. The van der Waals surface area contributed by atoms with Crippen molar-refractivity contribution in [2.45, 2.75) is 31.9 Å². The fourth-order valence-corrected chi connectivity index (χ4v) is 2.63. The average Bonchev–Trinajstić information content (AvgIpc) is 2.60. The van der Waals surface area contributed by atoms with E-state index in [9.17, 15) is 0 Å². The van der Waals surface area contributed by atoms with E-state index >= 15 is 0 Å². The van der Waals surface area contributed by atoms with Crippen molar-refractivity contribution in [2.24, 2.45) is 0 Å². The van der Waals surface area contributed by atoms with Gasteiger partial charge in [0.15, 0.2) is 0 Å². The lowest BCUT2D eigenvalue weighted by molar-refractivity contribution is -0.00776. The molecule has 0 aromatic carbocycles. The Bertz CT molecular complexity index is 311. The number of hydrogen-bond donors (Lipinski definition) is 1. The van der Waals surface area contributed by atoms with Crippen molar-refractivity contribution in [1.82, 2.24) is 5.32 Å². The van der Waals surface area contributed by atoms with Gasteiger partial charge in [-0.15, -0.1) is 11.3 Å². The minimum atomic E-state index is -0.175. The second-order valence-corrected chi connectivity index (χ2v) is 5.86. The van der Waals surface area contributed by atoms with Crippen molar-refractivity contribution in [3.05, 3.63) is 21.3 Å². The van der Waals surface area contributed by atoms with Crippen LogP contribution in [0.2, 0.25) is 4.34 Å². The maximum Gasteiger partial charge on any atom is 0.0931 e. The molecule has 1 aromatic heterocycles. The molecule has 0 aliphatic rings. The van der Waals surface area contributed by atoms with Gasteiger partial charge in [0.25, 0.3) is 0 Å². The summed E-state index contributed by atoms with van der Waals surface area (Å²) in [4.78, 5) is 1.28. The molecule has 4 heteroatoms. The summed E-state index contributed by atoms with van der Waals surface area (Å²) in [5.41, 5.74) is -0.175. The standard InChI is InChI=1S/C11H18ClNOS/c1-11(2,14-4)9(13-3)7-8-5-6-10(12)15-8/h5-6,9,13H,7H2,1-4H3. The van der Waals surface area contributed by atoms with Crippen molar-refractivity contribution in [3.8, 4) is 0 Å². The van der Waals surface area contributed by atoms with E-state index in [0.717, 1.165) is 10.8 Å². The van der Waals surface area contributed by atoms with Gasteiger partial charge in [-0.2, -0.15) is 0 Å². The maximum absolute atomic E-state index is 5.90. The molecule has 0 aliphatic heterocycles. The monoisotopic (exact) mass is 247 g/mol. The number of methoxy groups -OCH3 is 1. The largest absolute Gasteiger partial charge is 0.377 e. The Kier molecular flexibility index (Phi) is 4.59. The summed E-state index contributed by atoms with van der Waals surface area (Å²) in [6.07, 6.45) is 0.939. The van der Waals surface area contributed by atoms with Crippen LogP contribution in [0.15, 0.2) is 12.1 Å². The molecule has 1 rings (SSSR count). The van der Waals surface area contributed by atoms with Gasteiger partial charge in [-0.1, -0.05) is 11.6 Å². The number of hydrogen-bond acceptors (Lipinski definition) is 3. The van der Waals surface area contributed by atoms with Gasteiger partial charge in [0.1, 0.15) is 0 Å². The van der Waals surface area contributed by atoms with E-state index in [1.165, 1.54) is 4.88 Å². The Morgan fingerprint density at radius 2 is 2.20 bits per heavy atom. The van der Waals surface area contributed by atoms with E-state index in [2.05, 4.69) is 25.2 Å². The molecule has 0 saturated carbocycles. The molecule has 1 heterocycles. The van der Waals surface area contributed by atoms with Crippen molar-refractivity contribution >= 4 is 22.9 Å². The first-order valence-corrected chi connectivity index (χ1v) is 6.15. The number of ether oxygens (including phenoxy) is 1. The van der Waals surface area contributed by atoms with Gasteiger partial charge in [0.2, 0.25) is 0 Å². The van der Waals surface area contributed by atoms with Gasteiger partial charge in [0, 0.05) is 18.0 Å². The zero-order valence-corrected chi connectivity index (χ0v) is 11.2. The predicted octanol–water partition coefficient (Wildman–Crippen LogP) is 2.96. The van der Waals surface area contributed by atoms with Crippen LogP contribution in [-0.2, 0) is 11.2 Å². The minimum absolute atomic E-state index is 0.175. The molecule has 15 heavy (non-hydrogen) atoms. The number of rotatable bonds is 5. The van der Waals surface area contributed by atoms with Crippen molar-refractivity contribution in [1.29, 1.82) is 0 Å². The molecular formula is C11H18ClNOS. The van der Waals surface area contributed by atoms with Crippen LogP contribution in [0.3, 0.4) is 0 Å². The van der Waals surface area contributed by atoms with Gasteiger partial charge in [-0.3, -0.25) is 0 Å². The van der Waals surface area contributed by atoms with Crippen LogP contribution in [0.4, 0.5) is 0 Å². The number of thiophene rings is 1. The SMILES string of the molecule is CNC(Cc1ccc(Cl)s1)C(C)(C)OC. The van der Waals surface area contributed by atoms with E-state index in [1.54, 1.807) is 18.4 Å². The van der Waals surface area contributed by atoms with E-state index < -0.39 is 0 Å². The van der Waals surface area contributed by atoms with Crippen LogP contribution in [0.1, 0.15) is 18.7 Å². The summed E-state index contributed by atoms with van der Waals surface area (Å²) in [7, 11) is 3.70. The highest BCUT2D eigenvalue weighted by molar-refractivity contribution is 7.16. The van der Waals surface area contributed by atoms with E-state index in [-0.39, 0.29) is 11.6 Å². The minimum Gasteiger partial charge on any atom is -0.377 e. The first-order valence-electron chi connectivity index (χ1n) is 4.96. The van der Waals surface area contributed by atoms with Gasteiger partial charge in [-0.25, -0.2) is 0 Å². The highest BCUT2D eigenvalue weighted by Crippen LogP contribution is 2.25. The number of halogens is 1. The average molecular weight is 248 g/mol. The van der Waals surface area contributed by atoms with Crippen molar-refractivity contribution in [3.63, 3.8) is 0 Å². The summed E-state index contributed by atoms with van der Waals surface area (Å²) in [6, 6.07) is 4.30. The lowest BCUT2D eigenvalue weighted by atomic mass is 9.95. The van der Waals surface area contributed by atoms with Gasteiger partial charge >= 0.3 is 0 Å². The Labute approximate surface area is 101 Å². The quantitative estimate of drug-likeness (QED) is 0.864. The van der Waals surface area contributed by atoms with Crippen LogP contribution >= 0.6 is 22.9 Å². The fraction of sp³-hybridized carbons (Fsp3) is 0.636. The molecule has 0 spiro atoms. The molecule has 0 aliphatic carbocycles. The third-order valence-corrected chi connectivity index (χ3v) is 4.00. The van der Waals surface area contributed by atoms with Crippen LogP contribution in [0.25, 0.3) is 0 Å². The Morgan fingerprint density at radius 3 is 2.60 bits per heavy atom. The molecule has 1 atom stereocenters. The Hall–Kier alpha value is -0.0900. The molecule has 0 amide bonds. The maximum atomic E-state index is 5.90. The zero-order valence-electron chi connectivity index (χ0n) is 9.63. The fourth-order valence-electron chi connectivity index (χ4n) is 1.50. The second-order valence-electron chi connectivity index (χ2n) is 4.06. The Morgan fingerprint density at radius 1 is 1.53 bits per heavy atom. The lowest BCUT2D eigenvalue weighted by Crippen LogP contribution is -2.47. The third kappa shape index (κ3) is 3.45. The van der Waals surface area contributed by atoms with E-state index in [0.29, 0.717) is 0 Å². The summed E-state index contributed by atoms with van der Waals surface area (Å²) in [5.74, 6) is 0. The van der Waals surface area contributed by atoms with Gasteiger partial charge < -0.3 is 10.1 Å². The van der Waals surface area contributed by atoms with E-state index in [1.807, 2.05) is 13.1 Å². The first kappa shape index (κ1) is 13.0. The molecule has 86 valence electrons.